The van der Waals surface area contributed by atoms with Crippen LogP contribution in [0.1, 0.15) is 26.2 Å². The fourth-order valence-electron chi connectivity index (χ4n) is 1.73. The maximum Gasteiger partial charge on any atom is 0.244 e. The van der Waals surface area contributed by atoms with Crippen molar-refractivity contribution < 1.29 is 9.59 Å². The maximum absolute atomic E-state index is 11.8. The van der Waals surface area contributed by atoms with E-state index in [0.29, 0.717) is 0 Å². The first-order valence-electron chi connectivity index (χ1n) is 5.29. The molecule has 4 nitrogen and oxygen atoms in total. The fourth-order valence-corrected chi connectivity index (χ4v) is 1.89. The lowest BCUT2D eigenvalue weighted by Gasteiger charge is -2.29. The molecule has 0 aromatic rings. The van der Waals surface area contributed by atoms with Gasteiger partial charge in [-0.3, -0.25) is 9.59 Å². The first-order chi connectivity index (χ1) is 7.15. The van der Waals surface area contributed by atoms with E-state index >= 15 is 0 Å². The van der Waals surface area contributed by atoms with Crippen molar-refractivity contribution >= 4 is 27.7 Å². The van der Waals surface area contributed by atoms with Gasteiger partial charge in [-0.1, -0.05) is 15.9 Å². The molecule has 0 saturated carbocycles. The number of piperidine rings is 1. The molecule has 2 amide bonds. The van der Waals surface area contributed by atoms with Gasteiger partial charge in [0.05, 0.1) is 5.33 Å². The van der Waals surface area contributed by atoms with E-state index in [-0.39, 0.29) is 17.1 Å². The Morgan fingerprint density at radius 2 is 1.93 bits per heavy atom. The average molecular weight is 277 g/mol. The summed E-state index contributed by atoms with van der Waals surface area (Å²) in [6.07, 6.45) is 3.35. The highest BCUT2D eigenvalue weighted by Gasteiger charge is 2.22. The van der Waals surface area contributed by atoms with Gasteiger partial charge in [-0.2, -0.15) is 0 Å². The molecule has 0 aromatic carbocycles. The molecular weight excluding hydrogens is 260 g/mol. The minimum atomic E-state index is -0.409. The molecule has 0 aromatic heterocycles. The summed E-state index contributed by atoms with van der Waals surface area (Å²) in [6, 6.07) is -0.409. The summed E-state index contributed by atoms with van der Waals surface area (Å²) in [5.74, 6) is -0.114. The van der Waals surface area contributed by atoms with Crippen LogP contribution in [0.5, 0.6) is 0 Å². The van der Waals surface area contributed by atoms with Crippen molar-refractivity contribution in [2.75, 3.05) is 18.4 Å². The molecule has 0 spiro atoms. The third-order valence-corrected chi connectivity index (χ3v) is 3.05. The van der Waals surface area contributed by atoms with Gasteiger partial charge in [0.1, 0.15) is 6.04 Å². The molecule has 1 atom stereocenters. The zero-order valence-corrected chi connectivity index (χ0v) is 10.5. The molecule has 0 radical (unpaired) electrons. The van der Waals surface area contributed by atoms with E-state index in [4.69, 9.17) is 0 Å². The first kappa shape index (κ1) is 12.5. The van der Waals surface area contributed by atoms with Crippen LogP contribution in [0.15, 0.2) is 0 Å². The number of amides is 2. The molecule has 0 aliphatic carbocycles. The van der Waals surface area contributed by atoms with Crippen LogP contribution in [0.3, 0.4) is 0 Å². The molecule has 1 aliphatic rings. The Kier molecular flexibility index (Phi) is 5.08. The van der Waals surface area contributed by atoms with Crippen molar-refractivity contribution in [2.24, 2.45) is 0 Å². The van der Waals surface area contributed by atoms with Gasteiger partial charge in [0.2, 0.25) is 11.8 Å². The molecule has 1 unspecified atom stereocenters. The number of carbonyl (C=O) groups excluding carboxylic acids is 2. The fraction of sp³-hybridized carbons (Fsp3) is 0.800. The molecule has 86 valence electrons. The van der Waals surface area contributed by atoms with Crippen molar-refractivity contribution in [2.45, 2.75) is 32.2 Å². The van der Waals surface area contributed by atoms with Crippen LogP contribution in [-0.4, -0.2) is 41.2 Å². The van der Waals surface area contributed by atoms with Crippen molar-refractivity contribution in [3.8, 4) is 0 Å². The smallest absolute Gasteiger partial charge is 0.244 e. The molecule has 1 aliphatic heterocycles. The minimum absolute atomic E-state index is 0.0315. The topological polar surface area (TPSA) is 49.4 Å². The number of carbonyl (C=O) groups is 2. The van der Waals surface area contributed by atoms with Crippen molar-refractivity contribution in [3.63, 3.8) is 0 Å². The van der Waals surface area contributed by atoms with Gasteiger partial charge < -0.3 is 10.2 Å². The number of halogens is 1. The second-order valence-electron chi connectivity index (χ2n) is 3.81. The van der Waals surface area contributed by atoms with E-state index in [1.54, 1.807) is 6.92 Å². The summed E-state index contributed by atoms with van der Waals surface area (Å²) in [6.45, 7) is 3.39. The summed E-state index contributed by atoms with van der Waals surface area (Å²) in [4.78, 5) is 24.8. The number of hydrogen-bond donors (Lipinski definition) is 1. The molecule has 5 heteroatoms. The zero-order chi connectivity index (χ0) is 11.3. The van der Waals surface area contributed by atoms with Crippen LogP contribution in [0.25, 0.3) is 0 Å². The molecule has 1 N–H and O–H groups in total. The van der Waals surface area contributed by atoms with E-state index in [0.717, 1.165) is 25.9 Å². The largest absolute Gasteiger partial charge is 0.344 e. The number of alkyl halides is 1. The van der Waals surface area contributed by atoms with Gasteiger partial charge in [-0.05, 0) is 26.2 Å². The first-order valence-corrected chi connectivity index (χ1v) is 6.41. The highest BCUT2D eigenvalue weighted by atomic mass is 79.9. The van der Waals surface area contributed by atoms with Crippen LogP contribution >= 0.6 is 15.9 Å². The highest BCUT2D eigenvalue weighted by molar-refractivity contribution is 9.09. The number of hydrogen-bond acceptors (Lipinski definition) is 2. The average Bonchev–Trinajstić information content (AvgIpc) is 2.29. The Balaban J connectivity index is 2.40. The predicted octanol–water partition coefficient (Wildman–Crippen LogP) is 0.898. The van der Waals surface area contributed by atoms with E-state index in [2.05, 4.69) is 21.2 Å². The summed E-state index contributed by atoms with van der Waals surface area (Å²) in [5, 5.41) is 2.89. The van der Waals surface area contributed by atoms with Crippen LogP contribution in [-0.2, 0) is 9.59 Å². The number of rotatable bonds is 3. The Hall–Kier alpha value is -0.580. The van der Waals surface area contributed by atoms with Crippen molar-refractivity contribution in [1.82, 2.24) is 10.2 Å². The van der Waals surface area contributed by atoms with Gasteiger partial charge in [0.15, 0.2) is 0 Å². The minimum Gasteiger partial charge on any atom is -0.344 e. The monoisotopic (exact) mass is 276 g/mol. The van der Waals surface area contributed by atoms with Crippen LogP contribution in [0, 0.1) is 0 Å². The quantitative estimate of drug-likeness (QED) is 0.779. The summed E-state index contributed by atoms with van der Waals surface area (Å²) in [5.41, 5.74) is 0. The van der Waals surface area contributed by atoms with Gasteiger partial charge in [0.25, 0.3) is 0 Å². The highest BCUT2D eigenvalue weighted by Crippen LogP contribution is 2.09. The maximum atomic E-state index is 11.8. The van der Waals surface area contributed by atoms with Gasteiger partial charge in [0, 0.05) is 13.1 Å². The molecular formula is C10H17BrN2O2. The number of nitrogens with zero attached hydrogens (tertiary/aromatic N) is 1. The van der Waals surface area contributed by atoms with Crippen molar-refractivity contribution in [3.05, 3.63) is 0 Å². The Labute approximate surface area is 98.5 Å². The van der Waals surface area contributed by atoms with Gasteiger partial charge in [-0.15, -0.1) is 0 Å². The van der Waals surface area contributed by atoms with E-state index in [9.17, 15) is 9.59 Å². The zero-order valence-electron chi connectivity index (χ0n) is 8.96. The number of likely N-dealkylation sites (tertiary alicyclic amines) is 1. The second kappa shape index (κ2) is 6.10. The van der Waals surface area contributed by atoms with E-state index in [1.165, 1.54) is 6.42 Å². The standard InChI is InChI=1S/C10H17BrN2O2/c1-8(12-9(14)7-11)10(15)13-5-3-2-4-6-13/h8H,2-7H2,1H3,(H,12,14). The second-order valence-corrected chi connectivity index (χ2v) is 4.37. The molecule has 15 heavy (non-hydrogen) atoms. The third kappa shape index (κ3) is 3.81. The van der Waals surface area contributed by atoms with Crippen LogP contribution in [0.4, 0.5) is 0 Å². The third-order valence-electron chi connectivity index (χ3n) is 2.54. The molecule has 1 heterocycles. The van der Waals surface area contributed by atoms with E-state index < -0.39 is 6.04 Å². The molecule has 1 rings (SSSR count). The lowest BCUT2D eigenvalue weighted by atomic mass is 10.1. The molecule has 0 bridgehead atoms. The van der Waals surface area contributed by atoms with Gasteiger partial charge in [-0.25, -0.2) is 0 Å². The molecule has 1 saturated heterocycles. The summed E-state index contributed by atoms with van der Waals surface area (Å²) in [7, 11) is 0. The Morgan fingerprint density at radius 3 is 2.47 bits per heavy atom. The van der Waals surface area contributed by atoms with Gasteiger partial charge >= 0.3 is 0 Å². The predicted molar refractivity (Wildman–Crippen MR) is 61.8 cm³/mol. The summed E-state index contributed by atoms with van der Waals surface area (Å²) >= 11 is 3.05. The Morgan fingerprint density at radius 1 is 1.33 bits per heavy atom. The van der Waals surface area contributed by atoms with Crippen LogP contribution < -0.4 is 5.32 Å². The lowest BCUT2D eigenvalue weighted by Crippen LogP contribution is -2.48. The summed E-state index contributed by atoms with van der Waals surface area (Å²) < 4.78 is 0. The Bertz CT molecular complexity index is 240. The normalized spacial score (nSPS) is 18.4. The van der Waals surface area contributed by atoms with E-state index in [1.807, 2.05) is 4.90 Å². The van der Waals surface area contributed by atoms with Crippen LogP contribution in [0.2, 0.25) is 0 Å². The lowest BCUT2D eigenvalue weighted by molar-refractivity contribution is -0.136. The van der Waals surface area contributed by atoms with Crippen molar-refractivity contribution in [1.29, 1.82) is 0 Å². The number of nitrogens with one attached hydrogen (secondary N) is 1. The SMILES string of the molecule is CC(NC(=O)CBr)C(=O)N1CCCCC1. The molecule has 1 fully saturated rings.